The number of thioether (sulfide) groups is 1. The Kier molecular flexibility index (Phi) is 6.08. The lowest BCUT2D eigenvalue weighted by Crippen LogP contribution is -2.35. The minimum Gasteiger partial charge on any atom is -0.354 e. The molecule has 0 bridgehead atoms. The molecule has 0 heterocycles. The molecule has 1 unspecified atom stereocenters. The number of carbonyl (C=O) groups is 1. The maximum absolute atomic E-state index is 11.8. The summed E-state index contributed by atoms with van der Waals surface area (Å²) in [6.45, 7) is 3.50. The van der Waals surface area contributed by atoms with Crippen LogP contribution in [0.1, 0.15) is 6.92 Å². The maximum Gasteiger partial charge on any atom is 0.233 e. The molecular formula is C13H20N2OS. The van der Waals surface area contributed by atoms with Gasteiger partial charge < -0.3 is 10.2 Å². The quantitative estimate of drug-likeness (QED) is 0.784. The largest absolute Gasteiger partial charge is 0.354 e. The predicted octanol–water partition coefficient (Wildman–Crippen LogP) is 1.84. The van der Waals surface area contributed by atoms with Crippen LogP contribution >= 0.6 is 11.8 Å². The maximum atomic E-state index is 11.8. The van der Waals surface area contributed by atoms with Gasteiger partial charge in [0.25, 0.3) is 0 Å². The number of rotatable bonds is 6. The van der Waals surface area contributed by atoms with Crippen LogP contribution in [0.3, 0.4) is 0 Å². The zero-order valence-electron chi connectivity index (χ0n) is 10.6. The van der Waals surface area contributed by atoms with Gasteiger partial charge in [-0.1, -0.05) is 18.2 Å². The first-order chi connectivity index (χ1) is 8.09. The van der Waals surface area contributed by atoms with E-state index in [9.17, 15) is 4.79 Å². The first-order valence-corrected chi connectivity index (χ1v) is 6.61. The van der Waals surface area contributed by atoms with E-state index in [1.807, 2.05) is 51.4 Å². The van der Waals surface area contributed by atoms with Crippen LogP contribution in [0, 0.1) is 0 Å². The van der Waals surface area contributed by atoms with Crippen molar-refractivity contribution < 1.29 is 4.79 Å². The van der Waals surface area contributed by atoms with Gasteiger partial charge in [0.1, 0.15) is 0 Å². The third-order valence-electron chi connectivity index (χ3n) is 2.28. The third-order valence-corrected chi connectivity index (χ3v) is 3.40. The fourth-order valence-corrected chi connectivity index (χ4v) is 2.22. The number of carbonyl (C=O) groups excluding carboxylic acids is 1. The van der Waals surface area contributed by atoms with Gasteiger partial charge in [0.2, 0.25) is 5.91 Å². The Balaban J connectivity index is 2.32. The molecule has 94 valence electrons. The molecule has 4 heteroatoms. The normalized spacial score (nSPS) is 12.5. The van der Waals surface area contributed by atoms with Crippen molar-refractivity contribution in [3.05, 3.63) is 30.3 Å². The fraction of sp³-hybridized carbons (Fsp3) is 0.462. The van der Waals surface area contributed by atoms with Crippen LogP contribution in [0.5, 0.6) is 0 Å². The minimum atomic E-state index is -0.0560. The molecule has 1 N–H and O–H groups in total. The number of benzene rings is 1. The van der Waals surface area contributed by atoms with Crippen molar-refractivity contribution in [1.82, 2.24) is 10.2 Å². The summed E-state index contributed by atoms with van der Waals surface area (Å²) < 4.78 is 0. The third kappa shape index (κ3) is 5.75. The van der Waals surface area contributed by atoms with Gasteiger partial charge >= 0.3 is 0 Å². The lowest BCUT2D eigenvalue weighted by atomic mass is 10.4. The Morgan fingerprint density at radius 2 is 2.00 bits per heavy atom. The molecule has 0 aliphatic rings. The topological polar surface area (TPSA) is 32.3 Å². The zero-order valence-corrected chi connectivity index (χ0v) is 11.5. The van der Waals surface area contributed by atoms with E-state index in [0.29, 0.717) is 6.54 Å². The van der Waals surface area contributed by atoms with Gasteiger partial charge in [0.05, 0.1) is 5.25 Å². The molecule has 17 heavy (non-hydrogen) atoms. The summed E-state index contributed by atoms with van der Waals surface area (Å²) in [5.74, 6) is 0.0979. The van der Waals surface area contributed by atoms with Crippen molar-refractivity contribution in [2.24, 2.45) is 0 Å². The molecule has 0 aromatic heterocycles. The summed E-state index contributed by atoms with van der Waals surface area (Å²) in [7, 11) is 3.99. The zero-order chi connectivity index (χ0) is 12.7. The van der Waals surface area contributed by atoms with Gasteiger partial charge in [-0.15, -0.1) is 11.8 Å². The van der Waals surface area contributed by atoms with Crippen LogP contribution in [-0.4, -0.2) is 43.2 Å². The molecule has 1 atom stereocenters. The Bertz CT molecular complexity index is 341. The Morgan fingerprint density at radius 3 is 2.59 bits per heavy atom. The van der Waals surface area contributed by atoms with Crippen LogP contribution in [0.25, 0.3) is 0 Å². The van der Waals surface area contributed by atoms with Crippen LogP contribution in [0.4, 0.5) is 0 Å². The average molecular weight is 252 g/mol. The number of likely N-dealkylation sites (N-methyl/N-ethyl adjacent to an activating group) is 1. The van der Waals surface area contributed by atoms with Gasteiger partial charge in [-0.05, 0) is 33.2 Å². The number of nitrogens with one attached hydrogen (secondary N) is 1. The Hall–Kier alpha value is -1.00. The molecule has 1 aromatic carbocycles. The summed E-state index contributed by atoms with van der Waals surface area (Å²) in [4.78, 5) is 15.0. The number of hydrogen-bond donors (Lipinski definition) is 1. The minimum absolute atomic E-state index is 0.0560. The van der Waals surface area contributed by atoms with Crippen molar-refractivity contribution in [1.29, 1.82) is 0 Å². The van der Waals surface area contributed by atoms with Gasteiger partial charge in [0, 0.05) is 18.0 Å². The van der Waals surface area contributed by atoms with Crippen molar-refractivity contribution in [3.8, 4) is 0 Å². The standard InChI is InChI=1S/C13H20N2OS/c1-11(13(16)14-9-10-15(2)3)17-12-7-5-4-6-8-12/h4-8,11H,9-10H2,1-3H3,(H,14,16). The van der Waals surface area contributed by atoms with Gasteiger partial charge in [-0.2, -0.15) is 0 Å². The molecule has 1 aromatic rings. The summed E-state index contributed by atoms with van der Waals surface area (Å²) in [5.41, 5.74) is 0. The highest BCUT2D eigenvalue weighted by atomic mass is 32.2. The van der Waals surface area contributed by atoms with Crippen molar-refractivity contribution in [2.45, 2.75) is 17.1 Å². The van der Waals surface area contributed by atoms with E-state index in [4.69, 9.17) is 0 Å². The van der Waals surface area contributed by atoms with Crippen LogP contribution in [0.2, 0.25) is 0 Å². The van der Waals surface area contributed by atoms with Crippen LogP contribution < -0.4 is 5.32 Å². The molecule has 0 aliphatic carbocycles. The van der Waals surface area contributed by atoms with Crippen molar-refractivity contribution in [3.63, 3.8) is 0 Å². The molecule has 1 rings (SSSR count). The highest BCUT2D eigenvalue weighted by molar-refractivity contribution is 8.00. The second-order valence-corrected chi connectivity index (χ2v) is 5.58. The molecule has 0 fully saturated rings. The molecule has 1 amide bonds. The molecule has 0 saturated heterocycles. The Labute approximate surface area is 108 Å². The van der Waals surface area contributed by atoms with E-state index in [1.165, 1.54) is 0 Å². The lowest BCUT2D eigenvalue weighted by molar-refractivity contribution is -0.120. The first-order valence-electron chi connectivity index (χ1n) is 5.73. The van der Waals surface area contributed by atoms with Gasteiger partial charge in [0.15, 0.2) is 0 Å². The number of amides is 1. The second-order valence-electron chi connectivity index (χ2n) is 4.17. The van der Waals surface area contributed by atoms with Crippen molar-refractivity contribution >= 4 is 17.7 Å². The van der Waals surface area contributed by atoms with E-state index >= 15 is 0 Å². The monoisotopic (exact) mass is 252 g/mol. The SMILES string of the molecule is CC(Sc1ccccc1)C(=O)NCCN(C)C. The highest BCUT2D eigenvalue weighted by Gasteiger charge is 2.13. The highest BCUT2D eigenvalue weighted by Crippen LogP contribution is 2.22. The van der Waals surface area contributed by atoms with E-state index in [2.05, 4.69) is 10.2 Å². The molecule has 0 spiro atoms. The molecule has 0 saturated carbocycles. The Morgan fingerprint density at radius 1 is 1.35 bits per heavy atom. The number of hydrogen-bond acceptors (Lipinski definition) is 3. The molecular weight excluding hydrogens is 232 g/mol. The van der Waals surface area contributed by atoms with E-state index < -0.39 is 0 Å². The first kappa shape index (κ1) is 14.1. The van der Waals surface area contributed by atoms with E-state index in [0.717, 1.165) is 11.4 Å². The second kappa shape index (κ2) is 7.35. The summed E-state index contributed by atoms with van der Waals surface area (Å²) >= 11 is 1.58. The van der Waals surface area contributed by atoms with Gasteiger partial charge in [-0.25, -0.2) is 0 Å². The van der Waals surface area contributed by atoms with Gasteiger partial charge in [-0.3, -0.25) is 4.79 Å². The van der Waals surface area contributed by atoms with E-state index in [-0.39, 0.29) is 11.2 Å². The smallest absolute Gasteiger partial charge is 0.233 e. The average Bonchev–Trinajstić information content (AvgIpc) is 2.29. The molecule has 3 nitrogen and oxygen atoms in total. The van der Waals surface area contributed by atoms with Crippen LogP contribution in [0.15, 0.2) is 35.2 Å². The lowest BCUT2D eigenvalue weighted by Gasteiger charge is -2.14. The molecule has 0 aliphatic heterocycles. The van der Waals surface area contributed by atoms with E-state index in [1.54, 1.807) is 11.8 Å². The number of nitrogens with zero attached hydrogens (tertiary/aromatic N) is 1. The molecule has 0 radical (unpaired) electrons. The van der Waals surface area contributed by atoms with Crippen LogP contribution in [-0.2, 0) is 4.79 Å². The summed E-state index contributed by atoms with van der Waals surface area (Å²) in [5, 5.41) is 2.88. The summed E-state index contributed by atoms with van der Waals surface area (Å²) in [6, 6.07) is 9.99. The predicted molar refractivity (Wildman–Crippen MR) is 73.3 cm³/mol. The van der Waals surface area contributed by atoms with Crippen molar-refractivity contribution in [2.75, 3.05) is 27.2 Å². The fourth-order valence-electron chi connectivity index (χ4n) is 1.30. The summed E-state index contributed by atoms with van der Waals surface area (Å²) in [6.07, 6.45) is 0.